The Kier molecular flexibility index (Phi) is 3.82. The molecule has 1 aromatic heterocycles. The molecule has 20 heavy (non-hydrogen) atoms. The Morgan fingerprint density at radius 1 is 1.40 bits per heavy atom. The Hall–Kier alpha value is -1.86. The topological polar surface area (TPSA) is 66.3 Å². The van der Waals surface area contributed by atoms with Crippen LogP contribution in [0.5, 0.6) is 0 Å². The van der Waals surface area contributed by atoms with E-state index in [9.17, 15) is 23.1 Å². The Labute approximate surface area is 113 Å². The zero-order chi connectivity index (χ0) is 14.9. The van der Waals surface area contributed by atoms with E-state index in [1.54, 1.807) is 0 Å². The first-order valence-electron chi connectivity index (χ1n) is 6.21. The molecular weight excluding hydrogens is 275 g/mol. The van der Waals surface area contributed by atoms with Crippen molar-refractivity contribution in [3.63, 3.8) is 0 Å². The fourth-order valence-corrected chi connectivity index (χ4v) is 2.45. The van der Waals surface area contributed by atoms with Gasteiger partial charge < -0.3 is 10.0 Å². The number of carboxylic acids is 1. The fourth-order valence-electron chi connectivity index (χ4n) is 2.45. The maximum Gasteiger partial charge on any atom is 0.435 e. The normalized spacial score (nSPS) is 23.7. The predicted molar refractivity (Wildman–Crippen MR) is 64.2 cm³/mol. The van der Waals surface area contributed by atoms with Gasteiger partial charge in [0.2, 0.25) is 0 Å². The summed E-state index contributed by atoms with van der Waals surface area (Å²) in [6.07, 6.45) is -3.01. The first kappa shape index (κ1) is 14.5. The van der Waals surface area contributed by atoms with Crippen LogP contribution in [-0.2, 0) is 11.0 Å². The van der Waals surface area contributed by atoms with Gasteiger partial charge in [-0.1, -0.05) is 6.92 Å². The van der Waals surface area contributed by atoms with E-state index in [4.69, 9.17) is 0 Å². The van der Waals surface area contributed by atoms with Crippen molar-refractivity contribution in [1.29, 1.82) is 0 Å². The van der Waals surface area contributed by atoms with E-state index in [-0.39, 0.29) is 11.7 Å². The zero-order valence-corrected chi connectivity index (χ0v) is 10.8. The first-order valence-corrected chi connectivity index (χ1v) is 6.21. The number of alkyl halides is 3. The Balaban J connectivity index is 2.27. The van der Waals surface area contributed by atoms with Crippen LogP contribution in [0.15, 0.2) is 12.1 Å². The van der Waals surface area contributed by atoms with Crippen LogP contribution in [0.1, 0.15) is 25.5 Å². The molecule has 0 bridgehead atoms. The predicted octanol–water partition coefficient (Wildman–Crippen LogP) is 2.18. The van der Waals surface area contributed by atoms with Crippen molar-refractivity contribution in [3.8, 4) is 0 Å². The smallest absolute Gasteiger partial charge is 0.435 e. The van der Waals surface area contributed by atoms with E-state index in [0.29, 0.717) is 6.54 Å². The second-order valence-electron chi connectivity index (χ2n) is 4.87. The zero-order valence-electron chi connectivity index (χ0n) is 10.8. The average molecular weight is 289 g/mol. The summed E-state index contributed by atoms with van der Waals surface area (Å²) in [4.78, 5) is 12.8. The maximum absolute atomic E-state index is 12.4. The molecule has 1 N–H and O–H groups in total. The van der Waals surface area contributed by atoms with Crippen molar-refractivity contribution in [1.82, 2.24) is 10.2 Å². The van der Waals surface area contributed by atoms with Crippen LogP contribution in [-0.4, -0.2) is 33.9 Å². The van der Waals surface area contributed by atoms with E-state index >= 15 is 0 Å². The summed E-state index contributed by atoms with van der Waals surface area (Å²) in [7, 11) is 0. The maximum atomic E-state index is 12.4. The summed E-state index contributed by atoms with van der Waals surface area (Å²) in [6.45, 7) is 2.25. The highest BCUT2D eigenvalue weighted by Gasteiger charge is 2.36. The fraction of sp³-hybridized carbons (Fsp3) is 0.583. The van der Waals surface area contributed by atoms with E-state index in [2.05, 4.69) is 10.2 Å². The van der Waals surface area contributed by atoms with Crippen LogP contribution in [0.4, 0.5) is 19.0 Å². The van der Waals surface area contributed by atoms with Crippen molar-refractivity contribution in [2.75, 3.05) is 11.4 Å². The molecule has 1 aromatic rings. The molecule has 0 spiro atoms. The first-order chi connectivity index (χ1) is 9.30. The van der Waals surface area contributed by atoms with Crippen molar-refractivity contribution in [2.45, 2.75) is 32.0 Å². The number of aliphatic carboxylic acids is 1. The van der Waals surface area contributed by atoms with Crippen molar-refractivity contribution in [2.24, 2.45) is 5.92 Å². The van der Waals surface area contributed by atoms with Crippen LogP contribution in [0, 0.1) is 5.92 Å². The summed E-state index contributed by atoms with van der Waals surface area (Å²) >= 11 is 0. The minimum absolute atomic E-state index is 0.0923. The van der Waals surface area contributed by atoms with Crippen LogP contribution in [0.2, 0.25) is 0 Å². The molecule has 2 rings (SSSR count). The summed E-state index contributed by atoms with van der Waals surface area (Å²) in [5.41, 5.74) is -1.09. The minimum Gasteiger partial charge on any atom is -0.480 e. The highest BCUT2D eigenvalue weighted by Crippen LogP contribution is 2.30. The molecule has 0 saturated carbocycles. The van der Waals surface area contributed by atoms with Gasteiger partial charge in [0.1, 0.15) is 6.04 Å². The van der Waals surface area contributed by atoms with Gasteiger partial charge in [-0.3, -0.25) is 0 Å². The number of hydrogen-bond acceptors (Lipinski definition) is 4. The van der Waals surface area contributed by atoms with Gasteiger partial charge >= 0.3 is 12.1 Å². The molecular formula is C12H14F3N3O2. The number of hydrogen-bond donors (Lipinski definition) is 1. The minimum atomic E-state index is -4.55. The molecule has 1 aliphatic heterocycles. The van der Waals surface area contributed by atoms with Gasteiger partial charge in [-0.05, 0) is 30.9 Å². The number of rotatable bonds is 2. The highest BCUT2D eigenvalue weighted by molar-refractivity contribution is 5.78. The van der Waals surface area contributed by atoms with Crippen LogP contribution >= 0.6 is 0 Å². The van der Waals surface area contributed by atoms with Gasteiger partial charge in [-0.2, -0.15) is 13.2 Å². The largest absolute Gasteiger partial charge is 0.480 e. The molecule has 5 nitrogen and oxygen atoms in total. The van der Waals surface area contributed by atoms with E-state index in [1.165, 1.54) is 11.0 Å². The van der Waals surface area contributed by atoms with E-state index in [1.807, 2.05) is 6.92 Å². The number of halogens is 3. The van der Waals surface area contributed by atoms with Gasteiger partial charge in [-0.15, -0.1) is 10.2 Å². The SMILES string of the molecule is CC1CCCN(c2ccc(C(F)(F)F)nn2)C1C(=O)O. The highest BCUT2D eigenvalue weighted by atomic mass is 19.4. The number of piperidine rings is 1. The molecule has 0 aliphatic carbocycles. The third-order valence-corrected chi connectivity index (χ3v) is 3.42. The molecule has 2 atom stereocenters. The third kappa shape index (κ3) is 2.83. The quantitative estimate of drug-likeness (QED) is 0.904. The molecule has 1 saturated heterocycles. The number of carbonyl (C=O) groups is 1. The molecule has 110 valence electrons. The Morgan fingerprint density at radius 2 is 2.10 bits per heavy atom. The number of anilines is 1. The molecule has 0 amide bonds. The number of nitrogens with zero attached hydrogens (tertiary/aromatic N) is 3. The third-order valence-electron chi connectivity index (χ3n) is 3.42. The molecule has 8 heteroatoms. The molecule has 1 aliphatic rings. The monoisotopic (exact) mass is 289 g/mol. The van der Waals surface area contributed by atoms with Crippen LogP contribution in [0.3, 0.4) is 0 Å². The van der Waals surface area contributed by atoms with Gasteiger partial charge in [0, 0.05) is 6.54 Å². The molecule has 0 radical (unpaired) electrons. The molecule has 2 heterocycles. The number of aromatic nitrogens is 2. The molecule has 1 fully saturated rings. The van der Waals surface area contributed by atoms with Crippen molar-refractivity contribution < 1.29 is 23.1 Å². The summed E-state index contributed by atoms with van der Waals surface area (Å²) in [5, 5.41) is 15.9. The van der Waals surface area contributed by atoms with Gasteiger partial charge in [0.05, 0.1) is 0 Å². The lowest BCUT2D eigenvalue weighted by Crippen LogP contribution is -2.49. The van der Waals surface area contributed by atoms with Crippen molar-refractivity contribution in [3.05, 3.63) is 17.8 Å². The average Bonchev–Trinajstić information content (AvgIpc) is 2.37. The lowest BCUT2D eigenvalue weighted by Gasteiger charge is -2.37. The second-order valence-corrected chi connectivity index (χ2v) is 4.87. The van der Waals surface area contributed by atoms with Crippen LogP contribution < -0.4 is 4.90 Å². The molecule has 0 aromatic carbocycles. The molecule has 2 unspecified atom stereocenters. The Bertz CT molecular complexity index is 490. The Morgan fingerprint density at radius 3 is 2.60 bits per heavy atom. The van der Waals surface area contributed by atoms with E-state index < -0.39 is 23.9 Å². The lowest BCUT2D eigenvalue weighted by molar-refractivity contribution is -0.142. The lowest BCUT2D eigenvalue weighted by atomic mass is 9.91. The van der Waals surface area contributed by atoms with Gasteiger partial charge in [0.15, 0.2) is 11.5 Å². The standard InChI is InChI=1S/C12H14F3N3O2/c1-7-3-2-6-18(10(7)11(19)20)9-5-4-8(16-17-9)12(13,14)15/h4-5,7,10H,2-3,6H2,1H3,(H,19,20). The van der Waals surface area contributed by atoms with Crippen molar-refractivity contribution >= 4 is 11.8 Å². The second kappa shape index (κ2) is 5.26. The van der Waals surface area contributed by atoms with E-state index in [0.717, 1.165) is 18.9 Å². The van der Waals surface area contributed by atoms with Crippen LogP contribution in [0.25, 0.3) is 0 Å². The summed E-state index contributed by atoms with van der Waals surface area (Å²) < 4.78 is 37.3. The summed E-state index contributed by atoms with van der Waals surface area (Å²) in [5.74, 6) is -0.929. The van der Waals surface area contributed by atoms with Gasteiger partial charge in [0.25, 0.3) is 0 Å². The number of carboxylic acid groups (broad SMARTS) is 1. The van der Waals surface area contributed by atoms with Gasteiger partial charge in [-0.25, -0.2) is 4.79 Å². The summed E-state index contributed by atoms with van der Waals surface area (Å²) in [6, 6.07) is 1.21.